The fourth-order valence-electron chi connectivity index (χ4n) is 0.972. The maximum Gasteiger partial charge on any atom is 0.334 e. The Morgan fingerprint density at radius 2 is 2.00 bits per heavy atom. The number of hydrogen-bond donors (Lipinski definition) is 2. The molecule has 0 aromatic heterocycles. The maximum atomic E-state index is 11.3. The second-order valence-electron chi connectivity index (χ2n) is 3.59. The summed E-state index contributed by atoms with van der Waals surface area (Å²) in [6, 6.07) is 0. The summed E-state index contributed by atoms with van der Waals surface area (Å²) in [7, 11) is -2.20. The van der Waals surface area contributed by atoms with Crippen molar-refractivity contribution in [3.8, 4) is 0 Å². The number of ether oxygens (including phenoxy) is 1. The van der Waals surface area contributed by atoms with Crippen molar-refractivity contribution in [1.82, 2.24) is 4.72 Å². The fourth-order valence-corrected chi connectivity index (χ4v) is 2.37. The molecule has 0 saturated carbocycles. The minimum absolute atomic E-state index is 0.00618. The third kappa shape index (κ3) is 6.43. The molecule has 90 valence electrons. The number of sulfonamides is 1. The minimum Gasteiger partial charge on any atom is -0.479 e. The van der Waals surface area contributed by atoms with Gasteiger partial charge >= 0.3 is 5.97 Å². The van der Waals surface area contributed by atoms with E-state index in [1.165, 1.54) is 7.11 Å². The molecule has 0 aromatic rings. The largest absolute Gasteiger partial charge is 0.479 e. The molecule has 0 aliphatic heterocycles. The van der Waals surface area contributed by atoms with Crippen LogP contribution < -0.4 is 4.72 Å². The Morgan fingerprint density at radius 1 is 1.47 bits per heavy atom. The second-order valence-corrected chi connectivity index (χ2v) is 5.44. The van der Waals surface area contributed by atoms with Crippen LogP contribution in [0.3, 0.4) is 0 Å². The van der Waals surface area contributed by atoms with Crippen molar-refractivity contribution < 1.29 is 23.1 Å². The van der Waals surface area contributed by atoms with Gasteiger partial charge in [-0.2, -0.15) is 0 Å². The quantitative estimate of drug-likeness (QED) is 0.634. The summed E-state index contributed by atoms with van der Waals surface area (Å²) < 4.78 is 29.4. The summed E-state index contributed by atoms with van der Waals surface area (Å²) in [5, 5.41) is 8.59. The lowest BCUT2D eigenvalue weighted by atomic mass is 10.3. The number of nitrogens with one attached hydrogen (secondary N) is 1. The Hall–Kier alpha value is -0.660. The highest BCUT2D eigenvalue weighted by atomic mass is 32.2. The molecule has 0 aliphatic carbocycles. The first kappa shape index (κ1) is 14.3. The smallest absolute Gasteiger partial charge is 0.334 e. The van der Waals surface area contributed by atoms with E-state index in [1.807, 2.05) is 0 Å². The first-order valence-corrected chi connectivity index (χ1v) is 6.16. The zero-order valence-electron chi connectivity index (χ0n) is 9.06. The molecule has 15 heavy (non-hydrogen) atoms. The Labute approximate surface area is 89.7 Å². The number of aliphatic carboxylic acids is 1. The average molecular weight is 239 g/mol. The van der Waals surface area contributed by atoms with E-state index in [1.54, 1.807) is 13.8 Å². The Balaban J connectivity index is 4.19. The summed E-state index contributed by atoms with van der Waals surface area (Å²) in [4.78, 5) is 10.5. The number of carbonyl (C=O) groups is 1. The molecule has 2 N–H and O–H groups in total. The molecule has 0 aromatic carbocycles. The van der Waals surface area contributed by atoms with Crippen LogP contribution in [0.1, 0.15) is 13.8 Å². The molecule has 1 unspecified atom stereocenters. The van der Waals surface area contributed by atoms with Crippen molar-refractivity contribution in [2.75, 3.05) is 19.4 Å². The van der Waals surface area contributed by atoms with E-state index < -0.39 is 22.1 Å². The van der Waals surface area contributed by atoms with Crippen LogP contribution in [0.15, 0.2) is 0 Å². The molecule has 6 nitrogen and oxygen atoms in total. The second kappa shape index (κ2) is 6.04. The van der Waals surface area contributed by atoms with Gasteiger partial charge in [0.15, 0.2) is 6.10 Å². The maximum absolute atomic E-state index is 11.3. The first-order valence-electron chi connectivity index (χ1n) is 4.51. The predicted molar refractivity (Wildman–Crippen MR) is 55.1 cm³/mol. The normalized spacial score (nSPS) is 14.1. The van der Waals surface area contributed by atoms with Crippen molar-refractivity contribution in [3.63, 3.8) is 0 Å². The Bertz CT molecular complexity index is 298. The summed E-state index contributed by atoms with van der Waals surface area (Å²) in [6.45, 7) is 3.29. The van der Waals surface area contributed by atoms with Crippen molar-refractivity contribution >= 4 is 16.0 Å². The molecule has 0 aliphatic rings. The van der Waals surface area contributed by atoms with E-state index in [2.05, 4.69) is 9.46 Å². The van der Waals surface area contributed by atoms with E-state index in [4.69, 9.17) is 5.11 Å². The van der Waals surface area contributed by atoms with E-state index in [0.29, 0.717) is 0 Å². The monoisotopic (exact) mass is 239 g/mol. The molecule has 0 fully saturated rings. The molecule has 0 saturated heterocycles. The van der Waals surface area contributed by atoms with Gasteiger partial charge in [0.25, 0.3) is 0 Å². The highest BCUT2D eigenvalue weighted by Crippen LogP contribution is 1.98. The lowest BCUT2D eigenvalue weighted by Crippen LogP contribution is -2.39. The highest BCUT2D eigenvalue weighted by molar-refractivity contribution is 7.89. The van der Waals surface area contributed by atoms with Gasteiger partial charge in [-0.05, 0) is 5.92 Å². The van der Waals surface area contributed by atoms with Gasteiger partial charge in [-0.25, -0.2) is 17.9 Å². The lowest BCUT2D eigenvalue weighted by Gasteiger charge is -2.12. The van der Waals surface area contributed by atoms with Crippen LogP contribution >= 0.6 is 0 Å². The van der Waals surface area contributed by atoms with Gasteiger partial charge in [-0.15, -0.1) is 0 Å². The number of rotatable bonds is 7. The standard InChI is InChI=1S/C8H17NO5S/c1-6(2)5-15(12,13)9-4-7(14-3)8(10)11/h6-7,9H,4-5H2,1-3H3,(H,10,11). The van der Waals surface area contributed by atoms with Crippen LogP contribution in [0.2, 0.25) is 0 Å². The topological polar surface area (TPSA) is 92.7 Å². The molecule has 0 bridgehead atoms. The minimum atomic E-state index is -3.41. The predicted octanol–water partition coefficient (Wildman–Crippen LogP) is -0.339. The van der Waals surface area contributed by atoms with Gasteiger partial charge in [-0.1, -0.05) is 13.8 Å². The third-order valence-corrected chi connectivity index (χ3v) is 3.31. The van der Waals surface area contributed by atoms with E-state index in [-0.39, 0.29) is 18.2 Å². The Kier molecular flexibility index (Phi) is 5.77. The van der Waals surface area contributed by atoms with Gasteiger partial charge in [0, 0.05) is 13.7 Å². The van der Waals surface area contributed by atoms with E-state index in [0.717, 1.165) is 0 Å². The number of hydrogen-bond acceptors (Lipinski definition) is 4. The van der Waals surface area contributed by atoms with Gasteiger partial charge in [0.1, 0.15) is 0 Å². The van der Waals surface area contributed by atoms with Gasteiger partial charge in [0.2, 0.25) is 10.0 Å². The van der Waals surface area contributed by atoms with Crippen LogP contribution in [0.25, 0.3) is 0 Å². The lowest BCUT2D eigenvalue weighted by molar-refractivity contribution is -0.147. The molecule has 0 radical (unpaired) electrons. The highest BCUT2D eigenvalue weighted by Gasteiger charge is 2.20. The van der Waals surface area contributed by atoms with Crippen molar-refractivity contribution in [2.45, 2.75) is 20.0 Å². The Morgan fingerprint density at radius 3 is 2.33 bits per heavy atom. The van der Waals surface area contributed by atoms with E-state index in [9.17, 15) is 13.2 Å². The summed E-state index contributed by atoms with van der Waals surface area (Å²) in [6.07, 6.45) is -1.15. The molecular formula is C8H17NO5S. The third-order valence-electron chi connectivity index (χ3n) is 1.60. The summed E-state index contributed by atoms with van der Waals surface area (Å²) >= 11 is 0. The van der Waals surface area contributed by atoms with Crippen molar-refractivity contribution in [1.29, 1.82) is 0 Å². The van der Waals surface area contributed by atoms with Gasteiger partial charge in [-0.3, -0.25) is 0 Å². The van der Waals surface area contributed by atoms with E-state index >= 15 is 0 Å². The van der Waals surface area contributed by atoms with Crippen LogP contribution in [0, 0.1) is 5.92 Å². The van der Waals surface area contributed by atoms with Crippen LogP contribution in [0.4, 0.5) is 0 Å². The zero-order valence-corrected chi connectivity index (χ0v) is 9.87. The first-order chi connectivity index (χ1) is 6.78. The van der Waals surface area contributed by atoms with Gasteiger partial charge < -0.3 is 9.84 Å². The number of methoxy groups -OCH3 is 1. The van der Waals surface area contributed by atoms with Crippen LogP contribution in [-0.2, 0) is 19.6 Å². The number of carboxylic acids is 1. The summed E-state index contributed by atoms with van der Waals surface area (Å²) in [5.74, 6) is -1.22. The summed E-state index contributed by atoms with van der Waals surface area (Å²) in [5.41, 5.74) is 0. The van der Waals surface area contributed by atoms with Gasteiger partial charge in [0.05, 0.1) is 5.75 Å². The van der Waals surface area contributed by atoms with Crippen LogP contribution in [-0.4, -0.2) is 45.0 Å². The molecule has 0 amide bonds. The molecular weight excluding hydrogens is 222 g/mol. The molecule has 1 atom stereocenters. The van der Waals surface area contributed by atoms with Crippen molar-refractivity contribution in [3.05, 3.63) is 0 Å². The fraction of sp³-hybridized carbons (Fsp3) is 0.875. The average Bonchev–Trinajstić information content (AvgIpc) is 2.01. The molecule has 0 rings (SSSR count). The SMILES string of the molecule is COC(CNS(=O)(=O)CC(C)C)C(=O)O. The van der Waals surface area contributed by atoms with Crippen LogP contribution in [0.5, 0.6) is 0 Å². The van der Waals surface area contributed by atoms with Crippen molar-refractivity contribution in [2.24, 2.45) is 5.92 Å². The molecule has 0 spiro atoms. The molecule has 0 heterocycles. The zero-order chi connectivity index (χ0) is 12.1. The number of carboxylic acid groups (broad SMARTS) is 1. The molecule has 7 heteroatoms.